The molecule has 0 saturated carbocycles. The van der Waals surface area contributed by atoms with Crippen LogP contribution in [0.5, 0.6) is 0 Å². The van der Waals surface area contributed by atoms with E-state index in [-0.39, 0.29) is 17.5 Å². The maximum Gasteiger partial charge on any atom is 0.263 e. The number of rotatable bonds is 8. The first kappa shape index (κ1) is 19.0. The molecule has 0 heterocycles. The smallest absolute Gasteiger partial charge is 0.263 e. The Kier molecular flexibility index (Phi) is 7.49. The molecule has 0 aliphatic heterocycles. The predicted molar refractivity (Wildman–Crippen MR) is 97.8 cm³/mol. The summed E-state index contributed by atoms with van der Waals surface area (Å²) in [7, 11) is 1.64. The van der Waals surface area contributed by atoms with Gasteiger partial charge in [0.05, 0.1) is 6.04 Å². The number of carbonyl (C=O) groups is 1. The van der Waals surface area contributed by atoms with Gasteiger partial charge in [0.2, 0.25) is 0 Å². The van der Waals surface area contributed by atoms with Crippen molar-refractivity contribution < 1.29 is 9.53 Å². The van der Waals surface area contributed by atoms with E-state index in [4.69, 9.17) is 4.74 Å². The molecule has 1 atom stereocenters. The fourth-order valence-corrected chi connectivity index (χ4v) is 3.02. The lowest BCUT2D eigenvalue weighted by atomic mass is 9.89. The maximum absolute atomic E-state index is 12.3. The number of benzene rings is 1. The van der Waals surface area contributed by atoms with E-state index in [0.717, 1.165) is 24.8 Å². The minimum absolute atomic E-state index is 0.0854. The average molecular weight is 341 g/mol. The molecule has 1 aliphatic carbocycles. The van der Waals surface area contributed by atoms with Gasteiger partial charge in [0.1, 0.15) is 11.6 Å². The molecule has 1 aliphatic rings. The number of ether oxygens (including phenoxy) is 1. The molecule has 1 aromatic carbocycles. The van der Waals surface area contributed by atoms with Crippen LogP contribution >= 0.6 is 0 Å². The molecule has 0 radical (unpaired) electrons. The highest BCUT2D eigenvalue weighted by molar-refractivity contribution is 5.97. The van der Waals surface area contributed by atoms with Crippen molar-refractivity contribution in [2.24, 2.45) is 0 Å². The third kappa shape index (κ3) is 5.61. The van der Waals surface area contributed by atoms with E-state index in [0.29, 0.717) is 13.2 Å². The number of amides is 1. The SMILES string of the molecule is COCCCN/C=C(/C#N)C(=O)NC(C)c1ccc2c(c1)CCCC2. The first-order valence-corrected chi connectivity index (χ1v) is 8.91. The second-order valence-corrected chi connectivity index (χ2v) is 6.40. The molecule has 5 nitrogen and oxygen atoms in total. The van der Waals surface area contributed by atoms with E-state index in [1.54, 1.807) is 7.11 Å². The summed E-state index contributed by atoms with van der Waals surface area (Å²) in [5.41, 5.74) is 3.98. The zero-order valence-corrected chi connectivity index (χ0v) is 15.1. The highest BCUT2D eigenvalue weighted by Gasteiger charge is 2.16. The van der Waals surface area contributed by atoms with E-state index in [1.807, 2.05) is 13.0 Å². The van der Waals surface area contributed by atoms with Crippen molar-refractivity contribution in [1.82, 2.24) is 10.6 Å². The average Bonchev–Trinajstić information content (AvgIpc) is 2.64. The molecule has 0 spiro atoms. The number of methoxy groups -OCH3 is 1. The summed E-state index contributed by atoms with van der Waals surface area (Å²) in [6.45, 7) is 3.25. The van der Waals surface area contributed by atoms with Crippen molar-refractivity contribution in [1.29, 1.82) is 5.26 Å². The minimum Gasteiger partial charge on any atom is -0.390 e. The van der Waals surface area contributed by atoms with Gasteiger partial charge in [-0.25, -0.2) is 0 Å². The largest absolute Gasteiger partial charge is 0.390 e. The van der Waals surface area contributed by atoms with Gasteiger partial charge in [0, 0.05) is 26.5 Å². The second kappa shape index (κ2) is 9.85. The van der Waals surface area contributed by atoms with E-state index >= 15 is 0 Å². The van der Waals surface area contributed by atoms with Crippen molar-refractivity contribution in [2.45, 2.75) is 45.1 Å². The molecule has 2 rings (SSSR count). The molecular formula is C20H27N3O2. The Morgan fingerprint density at radius 1 is 1.36 bits per heavy atom. The van der Waals surface area contributed by atoms with Crippen LogP contribution in [0.25, 0.3) is 0 Å². The minimum atomic E-state index is -0.355. The lowest BCUT2D eigenvalue weighted by molar-refractivity contribution is -0.117. The van der Waals surface area contributed by atoms with Crippen LogP contribution in [0, 0.1) is 11.3 Å². The maximum atomic E-state index is 12.3. The quantitative estimate of drug-likeness (QED) is 0.433. The Hall–Kier alpha value is -2.32. The van der Waals surface area contributed by atoms with Crippen LogP contribution in [0.1, 0.15) is 48.9 Å². The lowest BCUT2D eigenvalue weighted by Crippen LogP contribution is -2.28. The Morgan fingerprint density at radius 2 is 2.12 bits per heavy atom. The van der Waals surface area contributed by atoms with Crippen LogP contribution in [0.4, 0.5) is 0 Å². The molecule has 0 aromatic heterocycles. The van der Waals surface area contributed by atoms with Gasteiger partial charge in [-0.15, -0.1) is 0 Å². The second-order valence-electron chi connectivity index (χ2n) is 6.40. The van der Waals surface area contributed by atoms with Gasteiger partial charge in [-0.05, 0) is 55.7 Å². The highest BCUT2D eigenvalue weighted by Crippen LogP contribution is 2.24. The molecule has 0 bridgehead atoms. The molecule has 25 heavy (non-hydrogen) atoms. The van der Waals surface area contributed by atoms with E-state index in [1.165, 1.54) is 30.2 Å². The summed E-state index contributed by atoms with van der Waals surface area (Å²) in [5.74, 6) is -0.355. The van der Waals surface area contributed by atoms with Crippen LogP contribution in [0.15, 0.2) is 30.0 Å². The van der Waals surface area contributed by atoms with Crippen LogP contribution in [-0.2, 0) is 22.4 Å². The summed E-state index contributed by atoms with van der Waals surface area (Å²) < 4.78 is 4.96. The van der Waals surface area contributed by atoms with Gasteiger partial charge < -0.3 is 15.4 Å². The molecule has 0 saturated heterocycles. The van der Waals surface area contributed by atoms with Crippen molar-refractivity contribution in [3.63, 3.8) is 0 Å². The summed E-state index contributed by atoms with van der Waals surface area (Å²) in [6, 6.07) is 8.26. The lowest BCUT2D eigenvalue weighted by Gasteiger charge is -2.20. The number of nitrogens with zero attached hydrogens (tertiary/aromatic N) is 1. The summed E-state index contributed by atoms with van der Waals surface area (Å²) in [6.07, 6.45) is 7.04. The van der Waals surface area contributed by atoms with E-state index < -0.39 is 0 Å². The number of nitrogens with one attached hydrogen (secondary N) is 2. The summed E-state index contributed by atoms with van der Waals surface area (Å²) in [4.78, 5) is 12.3. The number of aryl methyl sites for hydroxylation is 2. The van der Waals surface area contributed by atoms with Gasteiger partial charge in [0.15, 0.2) is 0 Å². The van der Waals surface area contributed by atoms with E-state index in [2.05, 4.69) is 28.8 Å². The predicted octanol–water partition coefficient (Wildman–Crippen LogP) is 2.78. The topological polar surface area (TPSA) is 74.1 Å². The number of carbonyl (C=O) groups excluding carboxylic acids is 1. The molecule has 1 unspecified atom stereocenters. The molecule has 1 aromatic rings. The first-order chi connectivity index (χ1) is 12.2. The monoisotopic (exact) mass is 341 g/mol. The zero-order valence-electron chi connectivity index (χ0n) is 15.1. The zero-order chi connectivity index (χ0) is 18.1. The third-order valence-electron chi connectivity index (χ3n) is 4.50. The molecule has 0 fully saturated rings. The summed E-state index contributed by atoms with van der Waals surface area (Å²) in [5, 5.41) is 15.1. The molecule has 134 valence electrons. The van der Waals surface area contributed by atoms with Crippen LogP contribution < -0.4 is 10.6 Å². The van der Waals surface area contributed by atoms with Crippen molar-refractivity contribution in [3.8, 4) is 6.07 Å². The van der Waals surface area contributed by atoms with Crippen molar-refractivity contribution >= 4 is 5.91 Å². The Labute approximate surface area is 150 Å². The van der Waals surface area contributed by atoms with Crippen molar-refractivity contribution in [2.75, 3.05) is 20.3 Å². The molecule has 2 N–H and O–H groups in total. The van der Waals surface area contributed by atoms with Crippen molar-refractivity contribution in [3.05, 3.63) is 46.7 Å². The normalized spacial score (nSPS) is 15.0. The number of hydrogen-bond acceptors (Lipinski definition) is 4. The van der Waals surface area contributed by atoms with Crippen LogP contribution in [0.2, 0.25) is 0 Å². The van der Waals surface area contributed by atoms with Gasteiger partial charge >= 0.3 is 0 Å². The Balaban J connectivity index is 1.94. The number of hydrogen-bond donors (Lipinski definition) is 2. The standard InChI is InChI=1S/C20H27N3O2/c1-15(17-9-8-16-6-3-4-7-18(16)12-17)23-20(24)19(13-21)14-22-10-5-11-25-2/h8-9,12,14-15,22H,3-7,10-11H2,1-2H3,(H,23,24)/b19-14-. The summed E-state index contributed by atoms with van der Waals surface area (Å²) >= 11 is 0. The fourth-order valence-electron chi connectivity index (χ4n) is 3.02. The molecular weight excluding hydrogens is 314 g/mol. The molecule has 1 amide bonds. The van der Waals surface area contributed by atoms with E-state index in [9.17, 15) is 10.1 Å². The first-order valence-electron chi connectivity index (χ1n) is 8.91. The molecule has 5 heteroatoms. The van der Waals surface area contributed by atoms with Crippen LogP contribution in [0.3, 0.4) is 0 Å². The van der Waals surface area contributed by atoms with Gasteiger partial charge in [-0.2, -0.15) is 5.26 Å². The highest BCUT2D eigenvalue weighted by atomic mass is 16.5. The number of nitriles is 1. The third-order valence-corrected chi connectivity index (χ3v) is 4.50. The van der Waals surface area contributed by atoms with Crippen LogP contribution in [-0.4, -0.2) is 26.2 Å². The fraction of sp³-hybridized carbons (Fsp3) is 0.500. The Bertz CT molecular complexity index is 661. The Morgan fingerprint density at radius 3 is 2.84 bits per heavy atom. The van der Waals surface area contributed by atoms with Gasteiger partial charge in [-0.1, -0.05) is 18.2 Å². The van der Waals surface area contributed by atoms with Gasteiger partial charge in [-0.3, -0.25) is 4.79 Å². The number of fused-ring (bicyclic) bond motifs is 1. The van der Waals surface area contributed by atoms with Gasteiger partial charge in [0.25, 0.3) is 5.91 Å².